The highest BCUT2D eigenvalue weighted by molar-refractivity contribution is 9.10. The number of aromatic carboxylic acids is 1. The van der Waals surface area contributed by atoms with E-state index in [4.69, 9.17) is 31.8 Å². The van der Waals surface area contributed by atoms with Crippen LogP contribution >= 0.6 is 31.9 Å². The Hall–Kier alpha value is -6.28. The van der Waals surface area contributed by atoms with Gasteiger partial charge in [0, 0.05) is 65.8 Å². The first-order valence-corrected chi connectivity index (χ1v) is 25.6. The smallest absolute Gasteiger partial charge is 0.339 e. The van der Waals surface area contributed by atoms with Crippen LogP contribution in [0.25, 0.3) is 11.1 Å². The minimum atomic E-state index is -1.07. The third-order valence-corrected chi connectivity index (χ3v) is 13.7. The second-order valence-corrected chi connectivity index (χ2v) is 19.9. The number of nitrogens with two attached hydrogens (primary N) is 3. The summed E-state index contributed by atoms with van der Waals surface area (Å²) in [6.07, 6.45) is 10.5. The molecule has 0 spiro atoms. The van der Waals surface area contributed by atoms with Gasteiger partial charge >= 0.3 is 5.97 Å². The van der Waals surface area contributed by atoms with Gasteiger partial charge in [-0.1, -0.05) is 84.9 Å². The number of benzene rings is 3. The molecule has 3 fully saturated rings. The molecule has 1 saturated heterocycles. The number of piperazine rings is 1. The fraction of sp³-hybridized carbons (Fsp3) is 0.333. The van der Waals surface area contributed by atoms with Gasteiger partial charge in [-0.25, -0.2) is 19.7 Å². The van der Waals surface area contributed by atoms with Crippen molar-refractivity contribution in [3.8, 4) is 11.1 Å². The summed E-state index contributed by atoms with van der Waals surface area (Å²) in [5, 5.41) is 14.8. The minimum Gasteiger partial charge on any atom is -0.478 e. The standard InChI is InChI=1S/C30H37N5O2.C18H20BrN3O2.C6H5BrN2O2/c1-34-14-16-35(17-15-34)20-22-10-12-24(13-11-22)25-18-26(29(31)32-19-25)30(36)33-27-8-5-9-28(27)37-21-23-6-3-2-4-7-23;19-13-9-14(17(20)21-10-13)18(23)22-15-7-4-8-16(15)24-11-12-5-2-1-3-6-12;7-3-1-4(6(10)11)5(8)9-2-3/h2-4,6-7,10-13,18-19,27-28H,5,8-9,14-17,20-21H2,1H3,(H2,31,32)(H,33,36);1-3,5-6,9-10,15-16H,4,7-8,11H2,(H2,20,21)(H,22,23);1-2H,(H2,8,9)(H,10,11)/t27-,28-;15-,16-;/m00./s1. The van der Waals surface area contributed by atoms with Crippen LogP contribution in [-0.4, -0.2) is 105 Å². The number of nitrogens with one attached hydrogen (secondary N) is 2. The predicted molar refractivity (Wildman–Crippen MR) is 287 cm³/mol. The average Bonchev–Trinajstić information content (AvgIpc) is 4.04. The van der Waals surface area contributed by atoms with E-state index in [1.165, 1.54) is 17.8 Å². The largest absolute Gasteiger partial charge is 0.478 e. The van der Waals surface area contributed by atoms with Gasteiger partial charge in [0.05, 0.1) is 48.6 Å². The van der Waals surface area contributed by atoms with Crippen molar-refractivity contribution < 1.29 is 29.0 Å². The van der Waals surface area contributed by atoms with Crippen molar-refractivity contribution in [2.75, 3.05) is 50.4 Å². The SMILES string of the molecule is CN1CCN(Cc2ccc(-c3cnc(N)c(C(=O)N[C@H]4CCC[C@@H]4OCc4ccccc4)c3)cc2)CC1.Nc1ncc(Br)cc1C(=O)N[C@H]1CCC[C@@H]1OCc1ccccc1.Nc1ncc(Br)cc1C(=O)O. The van der Waals surface area contributed by atoms with Gasteiger partial charge in [-0.3, -0.25) is 14.5 Å². The zero-order valence-corrected chi connectivity index (χ0v) is 43.4. The average molecular weight is 1110 g/mol. The molecule has 72 heavy (non-hydrogen) atoms. The number of rotatable bonds is 14. The molecule has 16 nitrogen and oxygen atoms in total. The monoisotopic (exact) mass is 1100 g/mol. The predicted octanol–water partition coefficient (Wildman–Crippen LogP) is 8.36. The third-order valence-electron chi connectivity index (χ3n) is 12.8. The summed E-state index contributed by atoms with van der Waals surface area (Å²) < 4.78 is 13.5. The molecule has 0 unspecified atom stereocenters. The van der Waals surface area contributed by atoms with E-state index in [1.807, 2.05) is 54.6 Å². The molecule has 2 aliphatic carbocycles. The van der Waals surface area contributed by atoms with Crippen LogP contribution in [0.1, 0.15) is 86.3 Å². The van der Waals surface area contributed by atoms with E-state index in [2.05, 4.69) is 111 Å². The van der Waals surface area contributed by atoms with Crippen molar-refractivity contribution in [2.24, 2.45) is 0 Å². The number of ether oxygens (including phenoxy) is 2. The third kappa shape index (κ3) is 15.6. The van der Waals surface area contributed by atoms with Crippen LogP contribution < -0.4 is 27.8 Å². The van der Waals surface area contributed by atoms with Crippen LogP contribution in [0.15, 0.2) is 131 Å². The van der Waals surface area contributed by atoms with Crippen molar-refractivity contribution in [3.63, 3.8) is 0 Å². The number of aromatic nitrogens is 3. The van der Waals surface area contributed by atoms with Crippen LogP contribution in [0.5, 0.6) is 0 Å². The minimum absolute atomic E-state index is 0.000376. The number of nitrogen functional groups attached to an aromatic ring is 3. The second kappa shape index (κ2) is 26.4. The zero-order valence-electron chi connectivity index (χ0n) is 40.3. The van der Waals surface area contributed by atoms with E-state index in [0.29, 0.717) is 28.8 Å². The van der Waals surface area contributed by atoms with Gasteiger partial charge in [-0.2, -0.15) is 0 Å². The van der Waals surface area contributed by atoms with E-state index >= 15 is 0 Å². The van der Waals surface area contributed by atoms with Crippen molar-refractivity contribution in [1.29, 1.82) is 0 Å². The van der Waals surface area contributed by atoms with Gasteiger partial charge in [-0.05, 0) is 118 Å². The molecule has 0 radical (unpaired) electrons. The van der Waals surface area contributed by atoms with E-state index in [1.54, 1.807) is 18.5 Å². The second-order valence-electron chi connectivity index (χ2n) is 18.1. The number of carboxylic acids is 1. The molecule has 4 atom stereocenters. The number of halogens is 2. The van der Waals surface area contributed by atoms with Gasteiger partial charge in [0.1, 0.15) is 23.0 Å². The number of carbonyl (C=O) groups excluding carboxylic acids is 2. The molecule has 9 N–H and O–H groups in total. The molecule has 1 aliphatic heterocycles. The lowest BCUT2D eigenvalue weighted by Crippen LogP contribution is -2.43. The van der Waals surface area contributed by atoms with Crippen LogP contribution in [-0.2, 0) is 29.2 Å². The highest BCUT2D eigenvalue weighted by Gasteiger charge is 2.32. The molecule has 378 valence electrons. The van der Waals surface area contributed by atoms with Crippen LogP contribution in [0.2, 0.25) is 0 Å². The van der Waals surface area contributed by atoms with Crippen LogP contribution in [0.3, 0.4) is 0 Å². The molecule has 4 heterocycles. The van der Waals surface area contributed by atoms with E-state index in [0.717, 1.165) is 98.0 Å². The maximum atomic E-state index is 13.2. The van der Waals surface area contributed by atoms with Crippen molar-refractivity contribution in [2.45, 2.75) is 82.6 Å². The molecule has 2 saturated carbocycles. The summed E-state index contributed by atoms with van der Waals surface area (Å²) in [5.41, 5.74) is 23.5. The molecule has 6 aromatic rings. The van der Waals surface area contributed by atoms with Crippen LogP contribution in [0.4, 0.5) is 17.5 Å². The summed E-state index contributed by atoms with van der Waals surface area (Å²) in [7, 11) is 2.17. The van der Waals surface area contributed by atoms with Gasteiger partial charge in [0.15, 0.2) is 0 Å². The first-order chi connectivity index (χ1) is 34.8. The van der Waals surface area contributed by atoms with Gasteiger partial charge in [0.25, 0.3) is 11.8 Å². The molecule has 9 rings (SSSR count). The summed E-state index contributed by atoms with van der Waals surface area (Å²) >= 11 is 6.40. The topological polar surface area (TPSA) is 237 Å². The highest BCUT2D eigenvalue weighted by Crippen LogP contribution is 2.28. The Morgan fingerprint density at radius 2 is 1.06 bits per heavy atom. The number of nitrogens with zero attached hydrogens (tertiary/aromatic N) is 5. The number of amides is 2. The number of likely N-dealkylation sites (N-methyl/N-ethyl adjacent to an activating group) is 1. The van der Waals surface area contributed by atoms with E-state index < -0.39 is 5.97 Å². The Bertz CT molecular complexity index is 2730. The highest BCUT2D eigenvalue weighted by atomic mass is 79.9. The van der Waals surface area contributed by atoms with Crippen molar-refractivity contribution in [3.05, 3.63) is 164 Å². The number of carbonyl (C=O) groups is 3. The molecule has 0 bridgehead atoms. The van der Waals surface area contributed by atoms with E-state index in [-0.39, 0.29) is 59.1 Å². The molecule has 3 aromatic carbocycles. The fourth-order valence-electron chi connectivity index (χ4n) is 8.76. The number of anilines is 3. The molecule has 18 heteroatoms. The molecule has 2 amide bonds. The Morgan fingerprint density at radius 1 is 0.597 bits per heavy atom. The lowest BCUT2D eigenvalue weighted by Gasteiger charge is -2.32. The maximum absolute atomic E-state index is 13.2. The first kappa shape index (κ1) is 53.5. The Labute approximate surface area is 437 Å². The lowest BCUT2D eigenvalue weighted by molar-refractivity contribution is 0.0272. The molecule has 3 aliphatic rings. The zero-order chi connectivity index (χ0) is 51.0. The summed E-state index contributed by atoms with van der Waals surface area (Å²) in [5.74, 6) is -0.972. The summed E-state index contributed by atoms with van der Waals surface area (Å²) in [6.45, 7) is 6.47. The quantitative estimate of drug-likeness (QED) is 0.0601. The molecular formula is C54H62Br2N10O6. The summed E-state index contributed by atoms with van der Waals surface area (Å²) in [6, 6.07) is 33.6. The first-order valence-electron chi connectivity index (χ1n) is 24.0. The number of carboxylic acid groups (broad SMARTS) is 1. The number of hydrogen-bond acceptors (Lipinski definition) is 13. The van der Waals surface area contributed by atoms with E-state index in [9.17, 15) is 14.4 Å². The molecule has 3 aromatic heterocycles. The van der Waals surface area contributed by atoms with Crippen LogP contribution in [0, 0.1) is 0 Å². The Kier molecular flexibility index (Phi) is 19.6. The maximum Gasteiger partial charge on any atom is 0.339 e. The van der Waals surface area contributed by atoms with Crippen molar-refractivity contribution in [1.82, 2.24) is 35.4 Å². The lowest BCUT2D eigenvalue weighted by atomic mass is 10.0. The van der Waals surface area contributed by atoms with Crippen molar-refractivity contribution >= 4 is 67.1 Å². The number of pyridine rings is 3. The van der Waals surface area contributed by atoms with Gasteiger partial charge in [0.2, 0.25) is 0 Å². The Morgan fingerprint density at radius 3 is 1.54 bits per heavy atom. The normalized spacial score (nSPS) is 18.8. The Balaban J connectivity index is 0.000000185. The van der Waals surface area contributed by atoms with Gasteiger partial charge in [-0.15, -0.1) is 0 Å². The number of hydrogen-bond donors (Lipinski definition) is 6. The van der Waals surface area contributed by atoms with Gasteiger partial charge < -0.3 is 47.3 Å². The fourth-order valence-corrected chi connectivity index (χ4v) is 9.43. The summed E-state index contributed by atoms with van der Waals surface area (Å²) in [4.78, 5) is 53.0. The molecular weight excluding hydrogens is 1040 g/mol.